The van der Waals surface area contributed by atoms with Gasteiger partial charge in [-0.15, -0.1) is 0 Å². The molecule has 2 aromatic carbocycles. The average Bonchev–Trinajstić information content (AvgIpc) is 2.47. The zero-order valence-electron chi connectivity index (χ0n) is 10.1. The largest absolute Gasteiger partial charge is 0.211 e. The van der Waals surface area contributed by atoms with Crippen LogP contribution in [0.15, 0.2) is 79.6 Å². The Balaban J connectivity index is 2.18. The van der Waals surface area contributed by atoms with E-state index < -0.39 is 0 Å². The van der Waals surface area contributed by atoms with Gasteiger partial charge in [0, 0.05) is 12.1 Å². The molecule has 18 heavy (non-hydrogen) atoms. The highest BCUT2D eigenvalue weighted by Gasteiger charge is 2.11. The average molecular weight is 232 g/mol. The maximum atomic E-state index is 4.21. The van der Waals surface area contributed by atoms with Crippen LogP contribution in [0.3, 0.4) is 0 Å². The molecule has 0 amide bonds. The first-order valence-electron chi connectivity index (χ1n) is 6.00. The van der Waals surface area contributed by atoms with Crippen molar-refractivity contribution in [3.05, 3.63) is 85.2 Å². The molecule has 1 nitrogen and oxygen atoms in total. The molecule has 86 valence electrons. The lowest BCUT2D eigenvalue weighted by Gasteiger charge is -2.05. The molecule has 0 fully saturated rings. The van der Waals surface area contributed by atoms with E-state index in [1.807, 2.05) is 35.2 Å². The van der Waals surface area contributed by atoms with E-state index in [9.17, 15) is 0 Å². The van der Waals surface area contributed by atoms with Gasteiger partial charge in [-0.1, -0.05) is 42.5 Å². The number of rotatable bonds is 2. The smallest absolute Gasteiger partial charge is 0.167 e. The molecule has 1 heteroatoms. The zero-order valence-corrected chi connectivity index (χ0v) is 10.1. The van der Waals surface area contributed by atoms with Gasteiger partial charge in [0.1, 0.15) is 0 Å². The summed E-state index contributed by atoms with van der Waals surface area (Å²) >= 11 is 0. The number of hydrogen-bond acceptors (Lipinski definition) is 0. The number of fused-ring (bicyclic) bond motifs is 1. The molecule has 0 aliphatic rings. The van der Waals surface area contributed by atoms with Crippen molar-refractivity contribution in [2.75, 3.05) is 0 Å². The molecular weight excluding hydrogens is 218 g/mol. The van der Waals surface area contributed by atoms with E-state index in [1.165, 1.54) is 16.3 Å². The first-order valence-corrected chi connectivity index (χ1v) is 6.00. The monoisotopic (exact) mass is 232 g/mol. The van der Waals surface area contributed by atoms with Crippen LogP contribution < -0.4 is 4.57 Å². The van der Waals surface area contributed by atoms with Crippen molar-refractivity contribution in [2.24, 2.45) is 0 Å². The van der Waals surface area contributed by atoms with Crippen molar-refractivity contribution >= 4 is 16.5 Å². The normalized spacial score (nSPS) is 10.4. The Morgan fingerprint density at radius 3 is 2.33 bits per heavy atom. The van der Waals surface area contributed by atoms with Crippen LogP contribution in [0.2, 0.25) is 0 Å². The first-order chi connectivity index (χ1) is 8.86. The molecule has 0 saturated heterocycles. The van der Waals surface area contributed by atoms with Gasteiger partial charge < -0.3 is 0 Å². The van der Waals surface area contributed by atoms with Gasteiger partial charge >= 0.3 is 0 Å². The number of pyridine rings is 1. The second-order valence-corrected chi connectivity index (χ2v) is 4.26. The van der Waals surface area contributed by atoms with E-state index in [4.69, 9.17) is 0 Å². The molecule has 0 radical (unpaired) electrons. The quantitative estimate of drug-likeness (QED) is 0.594. The third kappa shape index (κ3) is 1.80. The highest BCUT2D eigenvalue weighted by molar-refractivity contribution is 5.91. The fourth-order valence-electron chi connectivity index (χ4n) is 2.19. The number of aromatic nitrogens is 1. The van der Waals surface area contributed by atoms with Gasteiger partial charge in [-0.3, -0.25) is 0 Å². The van der Waals surface area contributed by atoms with Crippen LogP contribution in [-0.2, 0) is 0 Å². The van der Waals surface area contributed by atoms with Gasteiger partial charge in [-0.25, -0.2) is 0 Å². The highest BCUT2D eigenvalue weighted by Crippen LogP contribution is 2.22. The molecule has 0 spiro atoms. The molecule has 0 saturated carbocycles. The van der Waals surface area contributed by atoms with Crippen molar-refractivity contribution in [1.82, 2.24) is 0 Å². The Labute approximate surface area is 107 Å². The van der Waals surface area contributed by atoms with E-state index >= 15 is 0 Å². The van der Waals surface area contributed by atoms with Crippen molar-refractivity contribution in [1.29, 1.82) is 0 Å². The maximum absolute atomic E-state index is 4.21. The van der Waals surface area contributed by atoms with E-state index in [0.29, 0.717) is 0 Å². The Morgan fingerprint density at radius 1 is 0.778 bits per heavy atom. The summed E-state index contributed by atoms with van der Waals surface area (Å²) in [4.78, 5) is 0. The number of nitrogens with zero attached hydrogens (tertiary/aromatic N) is 1. The van der Waals surface area contributed by atoms with Crippen LogP contribution in [-0.4, -0.2) is 0 Å². The lowest BCUT2D eigenvalue weighted by Crippen LogP contribution is -2.30. The van der Waals surface area contributed by atoms with Crippen molar-refractivity contribution in [3.8, 4) is 0 Å². The van der Waals surface area contributed by atoms with Crippen LogP contribution >= 0.6 is 0 Å². The Hall–Kier alpha value is -2.41. The molecule has 1 aromatic heterocycles. The summed E-state index contributed by atoms with van der Waals surface area (Å²) in [5.74, 6) is 0. The molecule has 0 N–H and O–H groups in total. The Kier molecular flexibility index (Phi) is 2.66. The van der Waals surface area contributed by atoms with Gasteiger partial charge in [-0.2, -0.15) is 4.57 Å². The molecule has 3 aromatic rings. The summed E-state index contributed by atoms with van der Waals surface area (Å²) < 4.78 is 2.04. The van der Waals surface area contributed by atoms with E-state index in [0.717, 1.165) is 5.70 Å². The molecule has 0 unspecified atom stereocenters. The van der Waals surface area contributed by atoms with Crippen molar-refractivity contribution < 1.29 is 4.57 Å². The Bertz CT molecular complexity index is 694. The lowest BCUT2D eigenvalue weighted by atomic mass is 10.0. The highest BCUT2D eigenvalue weighted by atomic mass is 14.9. The van der Waals surface area contributed by atoms with E-state index in [1.54, 1.807) is 0 Å². The fraction of sp³-hybridized carbons (Fsp3) is 0. The van der Waals surface area contributed by atoms with Gasteiger partial charge in [0.25, 0.3) is 0 Å². The van der Waals surface area contributed by atoms with Crippen LogP contribution in [0.4, 0.5) is 0 Å². The summed E-state index contributed by atoms with van der Waals surface area (Å²) in [7, 11) is 0. The lowest BCUT2D eigenvalue weighted by molar-refractivity contribution is -0.578. The molecule has 0 atom stereocenters. The van der Waals surface area contributed by atoms with Gasteiger partial charge in [0.2, 0.25) is 5.70 Å². The summed E-state index contributed by atoms with van der Waals surface area (Å²) in [6, 6.07) is 20.7. The summed E-state index contributed by atoms with van der Waals surface area (Å²) in [5.41, 5.74) is 2.16. The van der Waals surface area contributed by atoms with Gasteiger partial charge in [-0.05, 0) is 23.4 Å². The molecule has 0 aliphatic heterocycles. The standard InChI is InChI=1S/C17H14N/c1-14(18-12-5-2-6-13-18)16-11-7-9-15-8-3-4-10-17(15)16/h2-13H,1H2/q+1. The van der Waals surface area contributed by atoms with Crippen molar-refractivity contribution in [3.63, 3.8) is 0 Å². The molecule has 0 bridgehead atoms. The molecule has 0 aliphatic carbocycles. The van der Waals surface area contributed by atoms with Crippen molar-refractivity contribution in [2.45, 2.75) is 0 Å². The van der Waals surface area contributed by atoms with Crippen LogP contribution in [0.1, 0.15) is 5.56 Å². The van der Waals surface area contributed by atoms with Crippen LogP contribution in [0.25, 0.3) is 16.5 Å². The fourth-order valence-corrected chi connectivity index (χ4v) is 2.19. The summed E-state index contributed by atoms with van der Waals surface area (Å²) in [5, 5.41) is 2.48. The minimum atomic E-state index is 0.993. The Morgan fingerprint density at radius 2 is 1.50 bits per heavy atom. The predicted octanol–water partition coefficient (Wildman–Crippen LogP) is 3.65. The topological polar surface area (TPSA) is 3.88 Å². The predicted molar refractivity (Wildman–Crippen MR) is 75.0 cm³/mol. The first kappa shape index (κ1) is 10.7. The third-order valence-electron chi connectivity index (χ3n) is 3.13. The zero-order chi connectivity index (χ0) is 12.4. The van der Waals surface area contributed by atoms with Crippen LogP contribution in [0.5, 0.6) is 0 Å². The maximum Gasteiger partial charge on any atom is 0.211 e. The van der Waals surface area contributed by atoms with Crippen LogP contribution in [0, 0.1) is 0 Å². The number of benzene rings is 2. The minimum absolute atomic E-state index is 0.993. The SMILES string of the molecule is C=C(c1cccc2ccccc12)[n+]1ccccc1. The third-order valence-corrected chi connectivity index (χ3v) is 3.13. The van der Waals surface area contributed by atoms with E-state index in [2.05, 4.69) is 49.0 Å². The summed E-state index contributed by atoms with van der Waals surface area (Å²) in [6.45, 7) is 4.21. The molecule has 3 rings (SSSR count). The molecule has 1 heterocycles. The van der Waals surface area contributed by atoms with Gasteiger partial charge in [0.15, 0.2) is 12.4 Å². The second-order valence-electron chi connectivity index (χ2n) is 4.26. The molecular formula is C17H14N+. The summed E-state index contributed by atoms with van der Waals surface area (Å²) in [6.07, 6.45) is 4.04. The second kappa shape index (κ2) is 4.46. The van der Waals surface area contributed by atoms with Gasteiger partial charge in [0.05, 0.1) is 5.56 Å². The van der Waals surface area contributed by atoms with E-state index in [-0.39, 0.29) is 0 Å². The minimum Gasteiger partial charge on any atom is -0.167 e. The number of hydrogen-bond donors (Lipinski definition) is 0.